The Hall–Kier alpha value is -2.38. The highest BCUT2D eigenvalue weighted by Gasteiger charge is 2.23. The third kappa shape index (κ3) is 3.42. The van der Waals surface area contributed by atoms with Gasteiger partial charge >= 0.3 is 0 Å². The average molecular weight is 422 g/mol. The SMILES string of the molecule is Cc1ccccc1-n1ccnc1SCc1nc(N)c2c3c(sc2n1)CC(C)CC3. The minimum Gasteiger partial charge on any atom is -0.383 e. The predicted molar refractivity (Wildman–Crippen MR) is 121 cm³/mol. The largest absolute Gasteiger partial charge is 0.383 e. The first-order chi connectivity index (χ1) is 14.1. The number of thiophene rings is 1. The highest BCUT2D eigenvalue weighted by molar-refractivity contribution is 7.98. The van der Waals surface area contributed by atoms with Gasteiger partial charge in [0.2, 0.25) is 0 Å². The molecule has 0 aliphatic heterocycles. The number of rotatable bonds is 4. The molecule has 1 unspecified atom stereocenters. The number of aryl methyl sites for hydroxylation is 2. The summed E-state index contributed by atoms with van der Waals surface area (Å²) in [6, 6.07) is 8.32. The van der Waals surface area contributed by atoms with E-state index in [1.165, 1.54) is 22.4 Å². The van der Waals surface area contributed by atoms with E-state index in [9.17, 15) is 0 Å². The first kappa shape index (κ1) is 18.6. The number of nitrogens with zero attached hydrogens (tertiary/aromatic N) is 4. The van der Waals surface area contributed by atoms with Crippen LogP contribution in [0.2, 0.25) is 0 Å². The second kappa shape index (κ2) is 7.46. The van der Waals surface area contributed by atoms with Crippen molar-refractivity contribution in [3.8, 4) is 5.69 Å². The predicted octanol–water partition coefficient (Wildman–Crippen LogP) is 5.18. The van der Waals surface area contributed by atoms with Crippen molar-refractivity contribution in [2.24, 2.45) is 5.92 Å². The number of imidazole rings is 1. The second-order valence-corrected chi connectivity index (χ2v) is 9.74. The summed E-state index contributed by atoms with van der Waals surface area (Å²) in [6.07, 6.45) is 7.27. The Balaban J connectivity index is 1.43. The van der Waals surface area contributed by atoms with Gasteiger partial charge in [-0.1, -0.05) is 36.9 Å². The van der Waals surface area contributed by atoms with Crippen molar-refractivity contribution in [1.82, 2.24) is 19.5 Å². The van der Waals surface area contributed by atoms with Crippen molar-refractivity contribution in [2.75, 3.05) is 5.73 Å². The molecule has 29 heavy (non-hydrogen) atoms. The van der Waals surface area contributed by atoms with E-state index < -0.39 is 0 Å². The first-order valence-corrected chi connectivity index (χ1v) is 11.7. The molecule has 2 N–H and O–H groups in total. The molecule has 1 atom stereocenters. The summed E-state index contributed by atoms with van der Waals surface area (Å²) in [5.74, 6) is 2.77. The van der Waals surface area contributed by atoms with Crippen LogP contribution in [-0.4, -0.2) is 19.5 Å². The lowest BCUT2D eigenvalue weighted by atomic mass is 9.89. The molecule has 5 nitrogen and oxygen atoms in total. The van der Waals surface area contributed by atoms with Gasteiger partial charge in [-0.15, -0.1) is 11.3 Å². The Morgan fingerprint density at radius 2 is 2.14 bits per heavy atom. The van der Waals surface area contributed by atoms with Crippen LogP contribution in [0.5, 0.6) is 0 Å². The molecule has 3 aromatic heterocycles. The van der Waals surface area contributed by atoms with Crippen LogP contribution in [0.3, 0.4) is 0 Å². The van der Waals surface area contributed by atoms with Crippen molar-refractivity contribution in [3.63, 3.8) is 0 Å². The van der Waals surface area contributed by atoms with E-state index in [4.69, 9.17) is 10.7 Å². The van der Waals surface area contributed by atoms with Crippen LogP contribution in [-0.2, 0) is 18.6 Å². The van der Waals surface area contributed by atoms with Gasteiger partial charge in [-0.2, -0.15) is 0 Å². The Morgan fingerprint density at radius 1 is 1.28 bits per heavy atom. The molecular formula is C22H23N5S2. The molecule has 0 radical (unpaired) electrons. The Kier molecular flexibility index (Phi) is 4.80. The monoisotopic (exact) mass is 421 g/mol. The molecule has 7 heteroatoms. The maximum Gasteiger partial charge on any atom is 0.173 e. The lowest BCUT2D eigenvalue weighted by molar-refractivity contribution is 0.509. The molecule has 0 saturated carbocycles. The third-order valence-electron chi connectivity index (χ3n) is 5.54. The van der Waals surface area contributed by atoms with E-state index in [-0.39, 0.29) is 0 Å². The molecule has 1 aliphatic carbocycles. The number of nitrogen functional groups attached to an aromatic ring is 1. The van der Waals surface area contributed by atoms with E-state index in [0.717, 1.165) is 45.6 Å². The molecular weight excluding hydrogens is 398 g/mol. The number of aromatic nitrogens is 4. The summed E-state index contributed by atoms with van der Waals surface area (Å²) in [6.45, 7) is 4.43. The molecule has 3 heterocycles. The van der Waals surface area contributed by atoms with Crippen molar-refractivity contribution in [1.29, 1.82) is 0 Å². The molecule has 0 fully saturated rings. The van der Waals surface area contributed by atoms with Gasteiger partial charge in [0, 0.05) is 17.3 Å². The van der Waals surface area contributed by atoms with Crippen LogP contribution in [0.25, 0.3) is 15.9 Å². The van der Waals surface area contributed by atoms with Crippen molar-refractivity contribution in [3.05, 3.63) is 58.5 Å². The zero-order valence-electron chi connectivity index (χ0n) is 16.6. The van der Waals surface area contributed by atoms with Gasteiger partial charge in [-0.3, -0.25) is 4.57 Å². The fourth-order valence-electron chi connectivity index (χ4n) is 4.02. The molecule has 0 amide bonds. The molecule has 4 aromatic rings. The standard InChI is InChI=1S/C22H23N5S2/c1-13-7-8-15-17(11-13)29-21-19(15)20(23)25-18(26-21)12-28-22-24-9-10-27(22)16-6-4-3-5-14(16)2/h3-6,9-10,13H,7-8,11-12H2,1-2H3,(H2,23,25,26). The van der Waals surface area contributed by atoms with Crippen LogP contribution in [0.15, 0.2) is 41.8 Å². The average Bonchev–Trinajstić information content (AvgIpc) is 3.30. The van der Waals surface area contributed by atoms with Gasteiger partial charge < -0.3 is 5.73 Å². The molecule has 5 rings (SSSR count). The van der Waals surface area contributed by atoms with E-state index in [0.29, 0.717) is 11.6 Å². The number of thioether (sulfide) groups is 1. The van der Waals surface area contributed by atoms with Crippen molar-refractivity contribution < 1.29 is 0 Å². The van der Waals surface area contributed by atoms with E-state index >= 15 is 0 Å². The normalized spacial score (nSPS) is 16.3. The summed E-state index contributed by atoms with van der Waals surface area (Å²) in [5.41, 5.74) is 10.1. The van der Waals surface area contributed by atoms with Crippen LogP contribution in [0, 0.1) is 12.8 Å². The van der Waals surface area contributed by atoms with Gasteiger partial charge in [0.15, 0.2) is 5.16 Å². The fraction of sp³-hybridized carbons (Fsp3) is 0.318. The summed E-state index contributed by atoms with van der Waals surface area (Å²) < 4.78 is 2.12. The van der Waals surface area contributed by atoms with E-state index in [1.807, 2.05) is 18.5 Å². The van der Waals surface area contributed by atoms with E-state index in [2.05, 4.69) is 46.6 Å². The Labute approximate surface area is 178 Å². The minimum atomic E-state index is 0.625. The van der Waals surface area contributed by atoms with Gasteiger partial charge in [0.25, 0.3) is 0 Å². The molecule has 1 aliphatic rings. The summed E-state index contributed by atoms with van der Waals surface area (Å²) in [4.78, 5) is 16.5. The number of fused-ring (bicyclic) bond motifs is 3. The highest BCUT2D eigenvalue weighted by atomic mass is 32.2. The zero-order valence-corrected chi connectivity index (χ0v) is 18.2. The number of hydrogen-bond acceptors (Lipinski definition) is 6. The summed E-state index contributed by atoms with van der Waals surface area (Å²) >= 11 is 3.43. The van der Waals surface area contributed by atoms with Gasteiger partial charge in [0.1, 0.15) is 16.5 Å². The highest BCUT2D eigenvalue weighted by Crippen LogP contribution is 2.39. The first-order valence-electron chi connectivity index (χ1n) is 9.89. The fourth-order valence-corrected chi connectivity index (χ4v) is 6.25. The molecule has 1 aromatic carbocycles. The molecule has 148 valence electrons. The van der Waals surface area contributed by atoms with Crippen molar-refractivity contribution >= 4 is 39.1 Å². The maximum absolute atomic E-state index is 6.38. The quantitative estimate of drug-likeness (QED) is 0.460. The molecule has 0 bridgehead atoms. The number of hydrogen-bond donors (Lipinski definition) is 1. The number of nitrogens with two attached hydrogens (primary N) is 1. The maximum atomic E-state index is 6.38. The number of para-hydroxylation sites is 1. The van der Waals surface area contributed by atoms with E-state index in [1.54, 1.807) is 23.1 Å². The molecule has 0 saturated heterocycles. The lowest BCUT2D eigenvalue weighted by Crippen LogP contribution is -2.09. The van der Waals surface area contributed by atoms with Gasteiger partial charge in [-0.25, -0.2) is 15.0 Å². The van der Waals surface area contributed by atoms with Gasteiger partial charge in [0.05, 0.1) is 16.8 Å². The Bertz CT molecular complexity index is 1190. The number of anilines is 1. The smallest absolute Gasteiger partial charge is 0.173 e. The zero-order chi connectivity index (χ0) is 20.0. The Morgan fingerprint density at radius 3 is 3.00 bits per heavy atom. The second-order valence-electron chi connectivity index (χ2n) is 7.71. The van der Waals surface area contributed by atoms with Crippen LogP contribution in [0.4, 0.5) is 5.82 Å². The summed E-state index contributed by atoms with van der Waals surface area (Å²) in [5, 5.41) is 2.02. The minimum absolute atomic E-state index is 0.625. The van der Waals surface area contributed by atoms with Crippen LogP contribution < -0.4 is 5.73 Å². The molecule has 0 spiro atoms. The third-order valence-corrected chi connectivity index (χ3v) is 7.65. The van der Waals surface area contributed by atoms with Gasteiger partial charge in [-0.05, 0) is 49.3 Å². The van der Waals surface area contributed by atoms with Crippen molar-refractivity contribution in [2.45, 2.75) is 44.0 Å². The number of benzene rings is 1. The van der Waals surface area contributed by atoms with Crippen LogP contribution >= 0.6 is 23.1 Å². The lowest BCUT2D eigenvalue weighted by Gasteiger charge is -2.17. The topological polar surface area (TPSA) is 69.6 Å². The van der Waals surface area contributed by atoms with Crippen LogP contribution in [0.1, 0.15) is 35.2 Å². The summed E-state index contributed by atoms with van der Waals surface area (Å²) in [7, 11) is 0.